The molecule has 0 saturated carbocycles. The SMILES string of the molecule is CC(CC(=O)O)c1c(I)cc(I)c(N)c1I. The molecule has 0 bridgehead atoms. The molecular formula is C10H10I3NO2. The molecule has 1 aromatic carbocycles. The third-order valence-corrected chi connectivity index (χ3v) is 5.16. The van der Waals surface area contributed by atoms with Crippen molar-refractivity contribution in [3.05, 3.63) is 22.3 Å². The van der Waals surface area contributed by atoms with Crippen molar-refractivity contribution in [3.63, 3.8) is 0 Å². The maximum Gasteiger partial charge on any atom is 0.303 e. The van der Waals surface area contributed by atoms with Crippen molar-refractivity contribution < 1.29 is 9.90 Å². The Morgan fingerprint density at radius 1 is 1.44 bits per heavy atom. The van der Waals surface area contributed by atoms with E-state index in [4.69, 9.17) is 10.8 Å². The van der Waals surface area contributed by atoms with Crippen LogP contribution in [0.25, 0.3) is 0 Å². The maximum atomic E-state index is 10.7. The molecule has 0 aliphatic rings. The number of carbonyl (C=O) groups is 1. The van der Waals surface area contributed by atoms with Crippen LogP contribution in [0.1, 0.15) is 24.8 Å². The number of carboxylic acid groups (broad SMARTS) is 1. The monoisotopic (exact) mass is 557 g/mol. The maximum absolute atomic E-state index is 10.7. The summed E-state index contributed by atoms with van der Waals surface area (Å²) in [6.07, 6.45) is 0.131. The standard InChI is InChI=1S/C10H10I3NO2/c1-4(2-7(15)16)8-5(11)3-6(12)10(14)9(8)13/h3-4H,2,14H2,1H3,(H,15,16). The van der Waals surface area contributed by atoms with Crippen LogP contribution in [0, 0.1) is 10.7 Å². The van der Waals surface area contributed by atoms with Crippen LogP contribution in [0.3, 0.4) is 0 Å². The van der Waals surface area contributed by atoms with E-state index < -0.39 is 5.97 Å². The topological polar surface area (TPSA) is 63.3 Å². The minimum atomic E-state index is -0.781. The largest absolute Gasteiger partial charge is 0.481 e. The van der Waals surface area contributed by atoms with Gasteiger partial charge in [0.2, 0.25) is 0 Å². The molecule has 1 aromatic rings. The van der Waals surface area contributed by atoms with Crippen LogP contribution >= 0.6 is 67.8 Å². The van der Waals surface area contributed by atoms with E-state index in [0.717, 1.165) is 22.0 Å². The van der Waals surface area contributed by atoms with E-state index >= 15 is 0 Å². The van der Waals surface area contributed by atoms with Gasteiger partial charge >= 0.3 is 5.97 Å². The number of aliphatic carboxylic acids is 1. The number of rotatable bonds is 3. The van der Waals surface area contributed by atoms with Gasteiger partial charge in [-0.1, -0.05) is 6.92 Å². The summed E-state index contributed by atoms with van der Waals surface area (Å²) in [6, 6.07) is 1.99. The zero-order valence-electron chi connectivity index (χ0n) is 8.43. The van der Waals surface area contributed by atoms with Crippen molar-refractivity contribution in [2.75, 3.05) is 5.73 Å². The van der Waals surface area contributed by atoms with Gasteiger partial charge in [-0.15, -0.1) is 0 Å². The van der Waals surface area contributed by atoms with Crippen molar-refractivity contribution >= 4 is 79.4 Å². The summed E-state index contributed by atoms with van der Waals surface area (Å²) >= 11 is 6.61. The lowest BCUT2D eigenvalue weighted by molar-refractivity contribution is -0.137. The fourth-order valence-electron chi connectivity index (χ4n) is 1.44. The van der Waals surface area contributed by atoms with Crippen LogP contribution in [-0.4, -0.2) is 11.1 Å². The van der Waals surface area contributed by atoms with Crippen LogP contribution in [0.4, 0.5) is 5.69 Å². The van der Waals surface area contributed by atoms with Crippen molar-refractivity contribution in [2.24, 2.45) is 0 Å². The lowest BCUT2D eigenvalue weighted by Gasteiger charge is -2.16. The van der Waals surface area contributed by atoms with Gasteiger partial charge in [0.1, 0.15) is 0 Å². The van der Waals surface area contributed by atoms with E-state index in [1.54, 1.807) is 0 Å². The van der Waals surface area contributed by atoms with E-state index in [-0.39, 0.29) is 12.3 Å². The third-order valence-electron chi connectivity index (χ3n) is 2.21. The van der Waals surface area contributed by atoms with Crippen LogP contribution in [0.2, 0.25) is 0 Å². The fraction of sp³-hybridized carbons (Fsp3) is 0.300. The van der Waals surface area contributed by atoms with E-state index in [1.807, 2.05) is 13.0 Å². The Labute approximate surface area is 135 Å². The van der Waals surface area contributed by atoms with Gasteiger partial charge in [0, 0.05) is 10.7 Å². The lowest BCUT2D eigenvalue weighted by Crippen LogP contribution is -2.09. The van der Waals surface area contributed by atoms with Gasteiger partial charge in [0.15, 0.2) is 0 Å². The second kappa shape index (κ2) is 6.03. The zero-order chi connectivity index (χ0) is 12.5. The summed E-state index contributed by atoms with van der Waals surface area (Å²) < 4.78 is 3.06. The molecule has 0 aromatic heterocycles. The second-order valence-electron chi connectivity index (χ2n) is 3.48. The van der Waals surface area contributed by atoms with Crippen LogP contribution < -0.4 is 5.73 Å². The quantitative estimate of drug-likeness (QED) is 0.441. The summed E-state index contributed by atoms with van der Waals surface area (Å²) in [7, 11) is 0. The predicted octanol–water partition coefficient (Wildman–Crippen LogP) is 3.66. The zero-order valence-corrected chi connectivity index (χ0v) is 14.9. The Hall–Kier alpha value is 0.680. The van der Waals surface area contributed by atoms with E-state index in [1.165, 1.54) is 0 Å². The molecule has 0 aliphatic heterocycles. The lowest BCUT2D eigenvalue weighted by atomic mass is 9.97. The van der Waals surface area contributed by atoms with Gasteiger partial charge in [-0.25, -0.2) is 0 Å². The van der Waals surface area contributed by atoms with Crippen LogP contribution in [-0.2, 0) is 4.79 Å². The molecule has 3 nitrogen and oxygen atoms in total. The third kappa shape index (κ3) is 3.34. The van der Waals surface area contributed by atoms with Crippen molar-refractivity contribution in [3.8, 4) is 0 Å². The molecule has 0 fully saturated rings. The molecule has 16 heavy (non-hydrogen) atoms. The van der Waals surface area contributed by atoms with Crippen molar-refractivity contribution in [1.29, 1.82) is 0 Å². The molecule has 0 aliphatic carbocycles. The predicted molar refractivity (Wildman–Crippen MR) is 89.7 cm³/mol. The first kappa shape index (κ1) is 14.7. The number of benzene rings is 1. The number of anilines is 1. The van der Waals surface area contributed by atoms with E-state index in [0.29, 0.717) is 0 Å². The first-order valence-corrected chi connectivity index (χ1v) is 7.72. The second-order valence-corrected chi connectivity index (χ2v) is 6.88. The summed E-state index contributed by atoms with van der Waals surface area (Å²) in [6.45, 7) is 1.92. The summed E-state index contributed by atoms with van der Waals surface area (Å²) in [5, 5.41) is 8.81. The van der Waals surface area contributed by atoms with Gasteiger partial charge in [-0.05, 0) is 85.3 Å². The number of nitrogen functional groups attached to an aromatic ring is 1. The van der Waals surface area contributed by atoms with Crippen molar-refractivity contribution in [2.45, 2.75) is 19.3 Å². The number of carboxylic acids is 1. The summed E-state index contributed by atoms with van der Waals surface area (Å²) in [4.78, 5) is 10.7. The Morgan fingerprint density at radius 3 is 2.50 bits per heavy atom. The Bertz CT molecular complexity index is 435. The summed E-state index contributed by atoms with van der Waals surface area (Å²) in [5.74, 6) is -0.799. The van der Waals surface area contributed by atoms with Crippen LogP contribution in [0.5, 0.6) is 0 Å². The number of hydrogen-bond acceptors (Lipinski definition) is 2. The van der Waals surface area contributed by atoms with Gasteiger partial charge in [-0.3, -0.25) is 4.79 Å². The molecule has 1 unspecified atom stereocenters. The van der Waals surface area contributed by atoms with E-state index in [9.17, 15) is 4.79 Å². The van der Waals surface area contributed by atoms with Crippen LogP contribution in [0.15, 0.2) is 6.07 Å². The highest BCUT2D eigenvalue weighted by molar-refractivity contribution is 14.1. The number of halogens is 3. The first-order valence-electron chi connectivity index (χ1n) is 4.49. The van der Waals surface area contributed by atoms with Gasteiger partial charge in [-0.2, -0.15) is 0 Å². The van der Waals surface area contributed by atoms with E-state index in [2.05, 4.69) is 67.8 Å². The average Bonchev–Trinajstić information content (AvgIpc) is 2.13. The highest BCUT2D eigenvalue weighted by atomic mass is 127. The Kier molecular flexibility index (Phi) is 5.55. The average molecular weight is 557 g/mol. The number of nitrogens with two attached hydrogens (primary N) is 1. The molecule has 88 valence electrons. The molecule has 3 N–H and O–H groups in total. The number of hydrogen-bond donors (Lipinski definition) is 2. The van der Waals surface area contributed by atoms with Crippen molar-refractivity contribution in [1.82, 2.24) is 0 Å². The fourth-order valence-corrected chi connectivity index (χ4v) is 5.87. The molecule has 1 rings (SSSR count). The highest BCUT2D eigenvalue weighted by Gasteiger charge is 2.19. The minimum Gasteiger partial charge on any atom is -0.481 e. The molecule has 0 radical (unpaired) electrons. The molecule has 6 heteroatoms. The van der Waals surface area contributed by atoms with Gasteiger partial charge in [0.25, 0.3) is 0 Å². The van der Waals surface area contributed by atoms with Gasteiger partial charge in [0.05, 0.1) is 12.1 Å². The Balaban J connectivity index is 3.23. The molecule has 0 amide bonds. The summed E-state index contributed by atoms with van der Waals surface area (Å²) in [5.41, 5.74) is 7.74. The first-order chi connectivity index (χ1) is 7.34. The normalized spacial score (nSPS) is 12.5. The molecule has 1 atom stereocenters. The molecule has 0 spiro atoms. The minimum absolute atomic E-state index is 0.0180. The highest BCUT2D eigenvalue weighted by Crippen LogP contribution is 2.35. The molecular weight excluding hydrogens is 547 g/mol. The molecule has 0 saturated heterocycles. The Morgan fingerprint density at radius 2 is 2.00 bits per heavy atom. The molecule has 0 heterocycles. The van der Waals surface area contributed by atoms with Gasteiger partial charge < -0.3 is 10.8 Å². The smallest absolute Gasteiger partial charge is 0.303 e.